The van der Waals surface area contributed by atoms with Crippen molar-refractivity contribution in [1.29, 1.82) is 0 Å². The van der Waals surface area contributed by atoms with Gasteiger partial charge in [0.25, 0.3) is 0 Å². The van der Waals surface area contributed by atoms with E-state index in [9.17, 15) is 9.90 Å². The monoisotopic (exact) mass is 276 g/mol. The Bertz CT molecular complexity index is 391. The highest BCUT2D eigenvalue weighted by atomic mass is 16.3. The van der Waals surface area contributed by atoms with Crippen LogP contribution in [-0.2, 0) is 4.79 Å². The van der Waals surface area contributed by atoms with E-state index in [1.54, 1.807) is 0 Å². The zero-order chi connectivity index (χ0) is 13.7. The molecule has 1 N–H and O–H groups in total. The van der Waals surface area contributed by atoms with Crippen molar-refractivity contribution >= 4 is 5.78 Å². The minimum Gasteiger partial charge on any atom is -0.393 e. The van der Waals surface area contributed by atoms with Crippen molar-refractivity contribution in [3.63, 3.8) is 0 Å². The molecule has 0 spiro atoms. The molecule has 7 atom stereocenters. The van der Waals surface area contributed by atoms with E-state index in [-0.39, 0.29) is 6.10 Å². The second-order valence-corrected chi connectivity index (χ2v) is 8.08. The summed E-state index contributed by atoms with van der Waals surface area (Å²) in [5.74, 6) is 5.66. The van der Waals surface area contributed by atoms with Gasteiger partial charge in [0.2, 0.25) is 0 Å². The van der Waals surface area contributed by atoms with Crippen molar-refractivity contribution in [3.8, 4) is 0 Å². The number of rotatable bonds is 0. The molecule has 0 aromatic heterocycles. The zero-order valence-electron chi connectivity index (χ0n) is 12.5. The maximum absolute atomic E-state index is 11.7. The number of fused-ring (bicyclic) bond motifs is 5. The van der Waals surface area contributed by atoms with Crippen LogP contribution >= 0.6 is 0 Å². The fraction of sp³-hybridized carbons (Fsp3) is 0.944. The van der Waals surface area contributed by atoms with Crippen LogP contribution in [0.5, 0.6) is 0 Å². The third-order valence-electron chi connectivity index (χ3n) is 7.26. The molecular weight excluding hydrogens is 248 g/mol. The summed E-state index contributed by atoms with van der Waals surface area (Å²) in [5, 5.41) is 9.92. The van der Waals surface area contributed by atoms with E-state index in [0.29, 0.717) is 5.78 Å². The van der Waals surface area contributed by atoms with Gasteiger partial charge >= 0.3 is 0 Å². The number of aliphatic hydroxyl groups excluding tert-OH is 1. The first-order chi connectivity index (χ1) is 9.72. The summed E-state index contributed by atoms with van der Waals surface area (Å²) in [5.41, 5.74) is 0. The summed E-state index contributed by atoms with van der Waals surface area (Å²) in [4.78, 5) is 11.7. The second-order valence-electron chi connectivity index (χ2n) is 8.08. The predicted molar refractivity (Wildman–Crippen MR) is 78.1 cm³/mol. The molecule has 0 aliphatic heterocycles. The quantitative estimate of drug-likeness (QED) is 0.734. The fourth-order valence-corrected chi connectivity index (χ4v) is 6.45. The van der Waals surface area contributed by atoms with Crippen molar-refractivity contribution in [3.05, 3.63) is 0 Å². The molecular formula is C18H28O2. The molecule has 0 aromatic carbocycles. The molecule has 0 amide bonds. The normalized spacial score (nSPS) is 51.9. The van der Waals surface area contributed by atoms with Gasteiger partial charge in [-0.3, -0.25) is 4.79 Å². The van der Waals surface area contributed by atoms with E-state index in [0.717, 1.165) is 61.2 Å². The summed E-state index contributed by atoms with van der Waals surface area (Å²) in [6.07, 6.45) is 11.7. The lowest BCUT2D eigenvalue weighted by molar-refractivity contribution is -0.127. The summed E-state index contributed by atoms with van der Waals surface area (Å²) in [6, 6.07) is 0. The van der Waals surface area contributed by atoms with Gasteiger partial charge in [-0.1, -0.05) is 0 Å². The Kier molecular flexibility index (Phi) is 3.41. The fourth-order valence-electron chi connectivity index (χ4n) is 6.45. The van der Waals surface area contributed by atoms with Crippen LogP contribution in [0.25, 0.3) is 0 Å². The standard InChI is InChI=1S/C18H28O2/c19-13-3-7-15-11(9-13)1-5-17-16-8-4-14(20)10-12(16)2-6-18(15)17/h11-13,15-19H,1-10H2/t11-,12-,13-,15+,16-,17+,18-/m0/s1. The lowest BCUT2D eigenvalue weighted by atomic mass is 9.51. The first kappa shape index (κ1) is 13.3. The topological polar surface area (TPSA) is 37.3 Å². The van der Waals surface area contributed by atoms with E-state index in [2.05, 4.69) is 0 Å². The first-order valence-electron chi connectivity index (χ1n) is 8.92. The summed E-state index contributed by atoms with van der Waals surface area (Å²) in [7, 11) is 0. The maximum atomic E-state index is 11.7. The molecule has 0 heterocycles. The lowest BCUT2D eigenvalue weighted by Crippen LogP contribution is -2.47. The Morgan fingerprint density at radius 1 is 0.750 bits per heavy atom. The van der Waals surface area contributed by atoms with E-state index in [1.807, 2.05) is 0 Å². The van der Waals surface area contributed by atoms with Gasteiger partial charge in [0.1, 0.15) is 5.78 Å². The van der Waals surface area contributed by atoms with Gasteiger partial charge in [0, 0.05) is 12.8 Å². The second kappa shape index (κ2) is 5.12. The van der Waals surface area contributed by atoms with E-state index < -0.39 is 0 Å². The molecule has 0 unspecified atom stereocenters. The van der Waals surface area contributed by atoms with Gasteiger partial charge in [0.05, 0.1) is 6.10 Å². The highest BCUT2D eigenvalue weighted by molar-refractivity contribution is 5.79. The van der Waals surface area contributed by atoms with Crippen molar-refractivity contribution in [2.75, 3.05) is 0 Å². The average molecular weight is 276 g/mol. The SMILES string of the molecule is O=C1CC[C@H]2[C@@H](CC[C@@H]3[C@@H]2CC[C@H]2C[C@@H](O)CC[C@H]23)C1. The van der Waals surface area contributed by atoms with Crippen LogP contribution in [0.1, 0.15) is 64.2 Å². The van der Waals surface area contributed by atoms with Gasteiger partial charge in [-0.05, 0) is 86.9 Å². The maximum Gasteiger partial charge on any atom is 0.133 e. The smallest absolute Gasteiger partial charge is 0.133 e. The van der Waals surface area contributed by atoms with Crippen molar-refractivity contribution < 1.29 is 9.90 Å². The largest absolute Gasteiger partial charge is 0.393 e. The first-order valence-corrected chi connectivity index (χ1v) is 8.92. The van der Waals surface area contributed by atoms with Crippen LogP contribution in [0.2, 0.25) is 0 Å². The Labute approximate surface area is 122 Å². The van der Waals surface area contributed by atoms with Crippen molar-refractivity contribution in [2.45, 2.75) is 70.3 Å². The molecule has 2 heteroatoms. The molecule has 4 rings (SSSR count). The Morgan fingerprint density at radius 3 is 2.20 bits per heavy atom. The zero-order valence-corrected chi connectivity index (χ0v) is 12.5. The molecule has 4 aliphatic rings. The minimum atomic E-state index is -0.0172. The molecule has 2 nitrogen and oxygen atoms in total. The van der Waals surface area contributed by atoms with Gasteiger partial charge in [-0.15, -0.1) is 0 Å². The molecule has 4 saturated carbocycles. The number of ketones is 1. The average Bonchev–Trinajstić information content (AvgIpc) is 2.45. The number of aliphatic hydroxyl groups is 1. The number of hydrogen-bond donors (Lipinski definition) is 1. The van der Waals surface area contributed by atoms with Gasteiger partial charge in [-0.2, -0.15) is 0 Å². The predicted octanol–water partition coefficient (Wildman–Crippen LogP) is 3.57. The van der Waals surface area contributed by atoms with Gasteiger partial charge in [-0.25, -0.2) is 0 Å². The Hall–Kier alpha value is -0.370. The molecule has 112 valence electrons. The number of carbonyl (C=O) groups is 1. The summed E-state index contributed by atoms with van der Waals surface area (Å²) < 4.78 is 0. The van der Waals surface area contributed by atoms with Crippen LogP contribution in [-0.4, -0.2) is 17.0 Å². The third-order valence-corrected chi connectivity index (χ3v) is 7.26. The Morgan fingerprint density at radius 2 is 1.40 bits per heavy atom. The van der Waals surface area contributed by atoms with Crippen molar-refractivity contribution in [2.24, 2.45) is 35.5 Å². The van der Waals surface area contributed by atoms with E-state index in [1.165, 1.54) is 38.5 Å². The number of carbonyl (C=O) groups excluding carboxylic acids is 1. The number of hydrogen-bond acceptors (Lipinski definition) is 2. The van der Waals surface area contributed by atoms with E-state index >= 15 is 0 Å². The molecule has 4 fully saturated rings. The molecule has 0 saturated heterocycles. The molecule has 0 bridgehead atoms. The van der Waals surface area contributed by atoms with Crippen molar-refractivity contribution in [1.82, 2.24) is 0 Å². The van der Waals surface area contributed by atoms with Crippen LogP contribution in [0, 0.1) is 35.5 Å². The summed E-state index contributed by atoms with van der Waals surface area (Å²) >= 11 is 0. The van der Waals surface area contributed by atoms with Crippen LogP contribution < -0.4 is 0 Å². The Balaban J connectivity index is 1.51. The minimum absolute atomic E-state index is 0.0172. The molecule has 0 aromatic rings. The van der Waals surface area contributed by atoms with E-state index in [4.69, 9.17) is 0 Å². The van der Waals surface area contributed by atoms with Crippen LogP contribution in [0.15, 0.2) is 0 Å². The summed E-state index contributed by atoms with van der Waals surface area (Å²) in [6.45, 7) is 0. The van der Waals surface area contributed by atoms with Crippen LogP contribution in [0.3, 0.4) is 0 Å². The molecule has 4 aliphatic carbocycles. The van der Waals surface area contributed by atoms with Gasteiger partial charge < -0.3 is 5.11 Å². The molecule has 0 radical (unpaired) electrons. The number of Topliss-reactive ketones (excluding diaryl/α,β-unsaturated/α-hetero) is 1. The van der Waals surface area contributed by atoms with Gasteiger partial charge in [0.15, 0.2) is 0 Å². The highest BCUT2D eigenvalue weighted by Gasteiger charge is 2.49. The molecule has 20 heavy (non-hydrogen) atoms. The van der Waals surface area contributed by atoms with Crippen LogP contribution in [0.4, 0.5) is 0 Å². The third kappa shape index (κ3) is 2.15. The highest BCUT2D eigenvalue weighted by Crippen LogP contribution is 2.56. The lowest BCUT2D eigenvalue weighted by Gasteiger charge is -2.54.